The van der Waals surface area contributed by atoms with Crippen LogP contribution in [0.5, 0.6) is 0 Å². The Hall–Kier alpha value is -0.850. The predicted octanol–water partition coefficient (Wildman–Crippen LogP) is 3.19. The quantitative estimate of drug-likeness (QED) is 0.422. The van der Waals surface area contributed by atoms with Gasteiger partial charge < -0.3 is 0 Å². The molecular formula is C10H17N. The van der Waals surface area contributed by atoms with Crippen LogP contribution in [0.1, 0.15) is 26.7 Å². The van der Waals surface area contributed by atoms with Gasteiger partial charge in [-0.1, -0.05) is 26.5 Å². The van der Waals surface area contributed by atoms with Crippen molar-refractivity contribution in [3.8, 4) is 0 Å². The lowest BCUT2D eigenvalue weighted by Gasteiger charge is -2.11. The summed E-state index contributed by atoms with van der Waals surface area (Å²) in [6.45, 7) is 11.5. The van der Waals surface area contributed by atoms with Crippen molar-refractivity contribution in [1.82, 2.24) is 0 Å². The predicted molar refractivity (Wildman–Crippen MR) is 51.9 cm³/mol. The first-order valence-electron chi connectivity index (χ1n) is 4.08. The van der Waals surface area contributed by atoms with Crippen molar-refractivity contribution < 1.29 is 0 Å². The van der Waals surface area contributed by atoms with Crippen LogP contribution in [0.15, 0.2) is 29.4 Å². The maximum atomic E-state index is 3.74. The Morgan fingerprint density at radius 1 is 1.45 bits per heavy atom. The molecule has 11 heavy (non-hydrogen) atoms. The zero-order chi connectivity index (χ0) is 8.69. The van der Waals surface area contributed by atoms with E-state index in [0.29, 0.717) is 5.92 Å². The van der Waals surface area contributed by atoms with E-state index in [2.05, 4.69) is 32.1 Å². The van der Waals surface area contributed by atoms with Gasteiger partial charge in [-0.05, 0) is 31.1 Å². The molecule has 0 aromatic carbocycles. The van der Waals surface area contributed by atoms with Crippen LogP contribution in [-0.4, -0.2) is 6.72 Å². The van der Waals surface area contributed by atoms with Gasteiger partial charge in [0.15, 0.2) is 0 Å². The van der Waals surface area contributed by atoms with Gasteiger partial charge in [0.25, 0.3) is 0 Å². The average Bonchev–Trinajstić information content (AvgIpc) is 2.05. The van der Waals surface area contributed by atoms with E-state index in [9.17, 15) is 0 Å². The summed E-state index contributed by atoms with van der Waals surface area (Å²) in [6, 6.07) is 0. The summed E-state index contributed by atoms with van der Waals surface area (Å²) >= 11 is 0. The summed E-state index contributed by atoms with van der Waals surface area (Å²) < 4.78 is 0. The van der Waals surface area contributed by atoms with Gasteiger partial charge >= 0.3 is 0 Å². The van der Waals surface area contributed by atoms with Crippen molar-refractivity contribution in [3.05, 3.63) is 24.4 Å². The smallest absolute Gasteiger partial charge is 0.0295 e. The average molecular weight is 151 g/mol. The molecule has 0 aromatic rings. The molecule has 0 spiro atoms. The largest absolute Gasteiger partial charge is 0.272 e. The van der Waals surface area contributed by atoms with Crippen molar-refractivity contribution in [2.24, 2.45) is 10.9 Å². The number of hydrogen-bond acceptors (Lipinski definition) is 1. The number of hydrogen-bond donors (Lipinski definition) is 0. The second kappa shape index (κ2) is 5.90. The maximum absolute atomic E-state index is 3.74. The molecule has 1 heteroatoms. The maximum Gasteiger partial charge on any atom is 0.0295 e. The summed E-state index contributed by atoms with van der Waals surface area (Å²) in [6.07, 6.45) is 5.95. The Labute approximate surface area is 69.5 Å². The lowest BCUT2D eigenvalue weighted by Crippen LogP contribution is -1.98. The minimum absolute atomic E-state index is 0.595. The van der Waals surface area contributed by atoms with Gasteiger partial charge in [-0.3, -0.25) is 4.99 Å². The summed E-state index contributed by atoms with van der Waals surface area (Å²) in [5.41, 5.74) is 1.20. The van der Waals surface area contributed by atoms with Crippen molar-refractivity contribution in [2.75, 3.05) is 0 Å². The van der Waals surface area contributed by atoms with E-state index in [0.717, 1.165) is 12.8 Å². The van der Waals surface area contributed by atoms with Crippen LogP contribution in [0.4, 0.5) is 0 Å². The molecule has 0 radical (unpaired) electrons. The van der Waals surface area contributed by atoms with Gasteiger partial charge in [-0.25, -0.2) is 0 Å². The van der Waals surface area contributed by atoms with Gasteiger partial charge in [0.2, 0.25) is 0 Å². The van der Waals surface area contributed by atoms with E-state index >= 15 is 0 Å². The highest BCUT2D eigenvalue weighted by molar-refractivity contribution is 5.29. The molecule has 0 aromatic heterocycles. The summed E-state index contributed by atoms with van der Waals surface area (Å²) in [5.74, 6) is 0.595. The topological polar surface area (TPSA) is 12.4 Å². The van der Waals surface area contributed by atoms with Crippen LogP contribution in [0.2, 0.25) is 0 Å². The molecule has 62 valence electrons. The van der Waals surface area contributed by atoms with E-state index in [1.165, 1.54) is 5.57 Å². The highest BCUT2D eigenvalue weighted by Gasteiger charge is 2.05. The lowest BCUT2D eigenvalue weighted by atomic mass is 9.94. The number of nitrogens with zero attached hydrogens (tertiary/aromatic N) is 1. The van der Waals surface area contributed by atoms with Gasteiger partial charge in [0, 0.05) is 6.20 Å². The zero-order valence-electron chi connectivity index (χ0n) is 7.51. The van der Waals surface area contributed by atoms with E-state index in [1.807, 2.05) is 6.08 Å². The molecule has 0 aliphatic rings. The van der Waals surface area contributed by atoms with Gasteiger partial charge in [0.1, 0.15) is 0 Å². The first kappa shape index (κ1) is 10.2. The van der Waals surface area contributed by atoms with E-state index in [4.69, 9.17) is 0 Å². The van der Waals surface area contributed by atoms with Crippen molar-refractivity contribution >= 4 is 6.72 Å². The van der Waals surface area contributed by atoms with Gasteiger partial charge in [-0.15, -0.1) is 0 Å². The molecule has 0 aliphatic heterocycles. The Kier molecular flexibility index (Phi) is 5.44. The Morgan fingerprint density at radius 3 is 2.27 bits per heavy atom. The number of allylic oxidation sites excluding steroid dienone is 2. The molecule has 1 nitrogen and oxygen atoms in total. The number of aliphatic imine (C=N–C) groups is 1. The van der Waals surface area contributed by atoms with Gasteiger partial charge in [-0.2, -0.15) is 0 Å². The van der Waals surface area contributed by atoms with Crippen molar-refractivity contribution in [1.29, 1.82) is 0 Å². The fourth-order valence-electron chi connectivity index (χ4n) is 1.19. The standard InChI is InChI=1S/C10H17N/c1-5-9(6-2)10(7-3)8-11-4/h7-9H,3-6H2,1-2H3. The lowest BCUT2D eigenvalue weighted by molar-refractivity contribution is 0.582. The molecule has 0 fully saturated rings. The molecule has 0 bridgehead atoms. The minimum Gasteiger partial charge on any atom is -0.272 e. The van der Waals surface area contributed by atoms with Crippen LogP contribution in [-0.2, 0) is 0 Å². The SMILES string of the molecule is C=CC(=CN=C)C(CC)CC. The molecule has 0 rings (SSSR count). The molecule has 0 aliphatic carbocycles. The third-order valence-electron chi connectivity index (χ3n) is 1.93. The zero-order valence-corrected chi connectivity index (χ0v) is 7.51. The molecular weight excluding hydrogens is 134 g/mol. The molecule has 0 saturated carbocycles. The second-order valence-electron chi connectivity index (χ2n) is 2.53. The highest BCUT2D eigenvalue weighted by atomic mass is 14.6. The summed E-state index contributed by atoms with van der Waals surface area (Å²) in [7, 11) is 0. The third-order valence-corrected chi connectivity index (χ3v) is 1.93. The Morgan fingerprint density at radius 2 is 2.00 bits per heavy atom. The van der Waals surface area contributed by atoms with Crippen LogP contribution >= 0.6 is 0 Å². The minimum atomic E-state index is 0.595. The third kappa shape index (κ3) is 3.17. The monoisotopic (exact) mass is 151 g/mol. The molecule has 0 unspecified atom stereocenters. The first-order chi connectivity index (χ1) is 5.29. The fraction of sp³-hybridized carbons (Fsp3) is 0.500. The molecule has 0 N–H and O–H groups in total. The summed E-state index contributed by atoms with van der Waals surface area (Å²) in [5, 5.41) is 0. The highest BCUT2D eigenvalue weighted by Crippen LogP contribution is 2.19. The van der Waals surface area contributed by atoms with Crippen LogP contribution < -0.4 is 0 Å². The number of rotatable bonds is 5. The Balaban J connectivity index is 4.32. The van der Waals surface area contributed by atoms with E-state index < -0.39 is 0 Å². The molecule has 0 atom stereocenters. The van der Waals surface area contributed by atoms with Crippen molar-refractivity contribution in [2.45, 2.75) is 26.7 Å². The summed E-state index contributed by atoms with van der Waals surface area (Å²) in [4.78, 5) is 3.74. The van der Waals surface area contributed by atoms with Crippen LogP contribution in [0.3, 0.4) is 0 Å². The van der Waals surface area contributed by atoms with E-state index in [-0.39, 0.29) is 0 Å². The fourth-order valence-corrected chi connectivity index (χ4v) is 1.19. The van der Waals surface area contributed by atoms with Crippen molar-refractivity contribution in [3.63, 3.8) is 0 Å². The Bertz CT molecular complexity index is 152. The molecule has 0 saturated heterocycles. The van der Waals surface area contributed by atoms with Gasteiger partial charge in [0.05, 0.1) is 0 Å². The second-order valence-corrected chi connectivity index (χ2v) is 2.53. The van der Waals surface area contributed by atoms with Crippen LogP contribution in [0, 0.1) is 5.92 Å². The normalized spacial score (nSPS) is 11.7. The van der Waals surface area contributed by atoms with E-state index in [1.54, 1.807) is 6.20 Å². The molecule has 0 heterocycles. The first-order valence-corrected chi connectivity index (χ1v) is 4.08. The molecule has 0 amide bonds. The van der Waals surface area contributed by atoms with Crippen LogP contribution in [0.25, 0.3) is 0 Å².